The first-order valence-electron chi connectivity index (χ1n) is 10.9. The number of hydrogen-bond donors (Lipinski definition) is 1. The number of amidine groups is 1. The number of benzene rings is 1. The van der Waals surface area contributed by atoms with Crippen molar-refractivity contribution in [1.29, 1.82) is 0 Å². The van der Waals surface area contributed by atoms with E-state index >= 15 is 0 Å². The Morgan fingerprint density at radius 3 is 2.81 bits per heavy atom. The van der Waals surface area contributed by atoms with Crippen LogP contribution in [0.1, 0.15) is 24.8 Å². The fourth-order valence-electron chi connectivity index (χ4n) is 5.22. The number of hydrogen-bond acceptors (Lipinski definition) is 7. The van der Waals surface area contributed by atoms with Gasteiger partial charge in [0, 0.05) is 5.56 Å². The molecule has 164 valence electrons. The van der Waals surface area contributed by atoms with Crippen molar-refractivity contribution in [2.75, 3.05) is 6.26 Å². The summed E-state index contributed by atoms with van der Waals surface area (Å²) in [7, 11) is 0. The third kappa shape index (κ3) is 3.09. The second-order valence-electron chi connectivity index (χ2n) is 8.58. The zero-order valence-corrected chi connectivity index (χ0v) is 18.4. The van der Waals surface area contributed by atoms with Crippen LogP contribution in [0.3, 0.4) is 0 Å². The first kappa shape index (κ1) is 19.7. The van der Waals surface area contributed by atoms with Crippen molar-refractivity contribution in [2.45, 2.75) is 43.3 Å². The number of aliphatic imine (C=N–C) groups is 1. The van der Waals surface area contributed by atoms with Crippen molar-refractivity contribution in [3.05, 3.63) is 54.0 Å². The summed E-state index contributed by atoms with van der Waals surface area (Å²) in [6, 6.07) is 13.3. The Balaban J connectivity index is 1.27. The second-order valence-corrected chi connectivity index (χ2v) is 9.53. The molecule has 7 nitrogen and oxygen atoms in total. The predicted octanol–water partition coefficient (Wildman–Crippen LogP) is 3.04. The molecule has 1 amide bonds. The topological polar surface area (TPSA) is 73.2 Å². The molecular formula is C23H23FN6OS. The SMILES string of the molecule is CSC1C2C(=O)NC3=N[C@@H]4CCC[C@@H]4N3C2=NN1Cc1ccc(-c2cccc(F)n2)cc1. The highest BCUT2D eigenvalue weighted by Crippen LogP contribution is 2.40. The number of carbonyl (C=O) groups is 1. The van der Waals surface area contributed by atoms with Gasteiger partial charge in [-0.2, -0.15) is 9.49 Å². The van der Waals surface area contributed by atoms with E-state index in [9.17, 15) is 9.18 Å². The summed E-state index contributed by atoms with van der Waals surface area (Å²) in [5.41, 5.74) is 2.54. The van der Waals surface area contributed by atoms with Crippen LogP contribution in [0.2, 0.25) is 0 Å². The highest BCUT2D eigenvalue weighted by Gasteiger charge is 2.54. The van der Waals surface area contributed by atoms with Gasteiger partial charge in [0.25, 0.3) is 0 Å². The largest absolute Gasteiger partial charge is 0.295 e. The zero-order chi connectivity index (χ0) is 21.8. The van der Waals surface area contributed by atoms with Gasteiger partial charge in [-0.25, -0.2) is 9.98 Å². The van der Waals surface area contributed by atoms with Crippen LogP contribution in [-0.4, -0.2) is 56.3 Å². The number of nitrogens with one attached hydrogen (secondary N) is 1. The molecule has 4 atom stereocenters. The van der Waals surface area contributed by atoms with E-state index in [1.54, 1.807) is 23.9 Å². The zero-order valence-electron chi connectivity index (χ0n) is 17.6. The normalized spacial score (nSPS) is 28.1. The second kappa shape index (κ2) is 7.58. The Morgan fingerprint density at radius 1 is 1.19 bits per heavy atom. The van der Waals surface area contributed by atoms with Crippen LogP contribution in [0.4, 0.5) is 4.39 Å². The standard InChI is InChI=1S/C23H23FN6OS/c1-32-22-19-20(30-17-6-2-5-16(17)26-23(30)27-21(19)31)28-29(22)12-13-8-10-14(11-9-13)15-4-3-7-18(24)25-15/h3-4,7-11,16-17,19,22H,2,5-6,12H2,1H3,(H,26,27,31)/t16-,17+,19?,22?/m1/s1. The fraction of sp³-hybridized carbons (Fsp3) is 0.391. The molecule has 3 aliphatic heterocycles. The Bertz CT molecular complexity index is 1140. The molecular weight excluding hydrogens is 427 g/mol. The third-order valence-corrected chi connectivity index (χ3v) is 7.69. The summed E-state index contributed by atoms with van der Waals surface area (Å²) in [4.78, 5) is 23.9. The maximum absolute atomic E-state index is 13.5. The van der Waals surface area contributed by atoms with Crippen LogP contribution in [-0.2, 0) is 11.3 Å². The highest BCUT2D eigenvalue weighted by atomic mass is 32.2. The van der Waals surface area contributed by atoms with E-state index in [4.69, 9.17) is 10.1 Å². The molecule has 1 N–H and O–H groups in total. The number of halogens is 1. The minimum atomic E-state index is -0.488. The molecule has 2 unspecified atom stereocenters. The Hall–Kier alpha value is -2.94. The number of carbonyl (C=O) groups excluding carboxylic acids is 1. The van der Waals surface area contributed by atoms with Crippen molar-refractivity contribution in [3.8, 4) is 11.3 Å². The number of aromatic nitrogens is 1. The Kier molecular flexibility index (Phi) is 4.67. The summed E-state index contributed by atoms with van der Waals surface area (Å²) in [5.74, 6) is 0.694. The predicted molar refractivity (Wildman–Crippen MR) is 122 cm³/mol. The third-order valence-electron chi connectivity index (χ3n) is 6.70. The van der Waals surface area contributed by atoms with Crippen LogP contribution in [0.15, 0.2) is 52.6 Å². The number of guanidine groups is 1. The maximum atomic E-state index is 13.5. The number of thioether (sulfide) groups is 1. The average Bonchev–Trinajstić information content (AvgIpc) is 3.47. The maximum Gasteiger partial charge on any atom is 0.240 e. The summed E-state index contributed by atoms with van der Waals surface area (Å²) in [6.07, 6.45) is 5.34. The van der Waals surface area contributed by atoms with E-state index < -0.39 is 5.95 Å². The van der Waals surface area contributed by atoms with Gasteiger partial charge < -0.3 is 0 Å². The van der Waals surface area contributed by atoms with Gasteiger partial charge in [-0.1, -0.05) is 30.3 Å². The quantitative estimate of drug-likeness (QED) is 0.725. The number of nitrogens with zero attached hydrogens (tertiary/aromatic N) is 5. The van der Waals surface area contributed by atoms with Gasteiger partial charge in [-0.15, -0.1) is 11.8 Å². The van der Waals surface area contributed by atoms with Crippen LogP contribution in [0.25, 0.3) is 11.3 Å². The molecule has 2 aromatic rings. The molecule has 1 saturated heterocycles. The summed E-state index contributed by atoms with van der Waals surface area (Å²) in [6.45, 7) is 0.587. The van der Waals surface area contributed by atoms with E-state index in [0.717, 1.165) is 36.2 Å². The molecule has 9 heteroatoms. The first-order valence-corrected chi connectivity index (χ1v) is 12.2. The highest BCUT2D eigenvalue weighted by molar-refractivity contribution is 7.99. The van der Waals surface area contributed by atoms with Crippen LogP contribution >= 0.6 is 11.8 Å². The molecule has 1 aromatic heterocycles. The molecule has 6 rings (SSSR count). The van der Waals surface area contributed by atoms with Gasteiger partial charge in [0.1, 0.15) is 17.1 Å². The lowest BCUT2D eigenvalue weighted by Crippen LogP contribution is -2.60. The van der Waals surface area contributed by atoms with Gasteiger partial charge in [0.2, 0.25) is 17.8 Å². The molecule has 0 radical (unpaired) electrons. The summed E-state index contributed by atoms with van der Waals surface area (Å²) < 4.78 is 13.5. The number of rotatable bonds is 4. The van der Waals surface area contributed by atoms with Crippen molar-refractivity contribution in [1.82, 2.24) is 20.2 Å². The number of pyridine rings is 1. The van der Waals surface area contributed by atoms with Crippen LogP contribution < -0.4 is 5.32 Å². The van der Waals surface area contributed by atoms with Gasteiger partial charge in [-0.05, 0) is 43.2 Å². The van der Waals surface area contributed by atoms with Gasteiger partial charge in [-0.3, -0.25) is 20.0 Å². The van der Waals surface area contributed by atoms with E-state index in [-0.39, 0.29) is 23.2 Å². The monoisotopic (exact) mass is 450 g/mol. The molecule has 4 aliphatic rings. The van der Waals surface area contributed by atoms with Crippen LogP contribution in [0.5, 0.6) is 0 Å². The fourth-order valence-corrected chi connectivity index (χ4v) is 6.11. The van der Waals surface area contributed by atoms with Crippen molar-refractivity contribution in [3.63, 3.8) is 0 Å². The Morgan fingerprint density at radius 2 is 2.03 bits per heavy atom. The van der Waals surface area contributed by atoms with Gasteiger partial charge in [0.15, 0.2) is 0 Å². The molecule has 1 aliphatic carbocycles. The van der Waals surface area contributed by atoms with Crippen LogP contribution in [0, 0.1) is 11.9 Å². The molecule has 32 heavy (non-hydrogen) atoms. The lowest BCUT2D eigenvalue weighted by molar-refractivity contribution is -0.122. The molecule has 0 spiro atoms. The molecule has 4 heterocycles. The Labute approximate surface area is 189 Å². The van der Waals surface area contributed by atoms with Crippen molar-refractivity contribution < 1.29 is 9.18 Å². The molecule has 0 bridgehead atoms. The molecule has 1 saturated carbocycles. The number of fused-ring (bicyclic) bond motifs is 5. The minimum Gasteiger partial charge on any atom is -0.295 e. The van der Waals surface area contributed by atoms with E-state index in [1.807, 2.05) is 35.5 Å². The number of amides is 1. The first-order chi connectivity index (χ1) is 15.6. The lowest BCUT2D eigenvalue weighted by atomic mass is 10.0. The van der Waals surface area contributed by atoms with Crippen molar-refractivity contribution in [2.24, 2.45) is 16.0 Å². The van der Waals surface area contributed by atoms with E-state index in [2.05, 4.69) is 15.2 Å². The number of hydrazone groups is 1. The van der Waals surface area contributed by atoms with Gasteiger partial charge in [0.05, 0.1) is 24.3 Å². The smallest absolute Gasteiger partial charge is 0.240 e. The average molecular weight is 451 g/mol. The molecule has 2 fully saturated rings. The summed E-state index contributed by atoms with van der Waals surface area (Å²) >= 11 is 1.64. The minimum absolute atomic E-state index is 0.0203. The lowest BCUT2D eigenvalue weighted by Gasteiger charge is -2.34. The van der Waals surface area contributed by atoms with E-state index in [0.29, 0.717) is 24.2 Å². The summed E-state index contributed by atoms with van der Waals surface area (Å²) in [5, 5.41) is 9.94. The van der Waals surface area contributed by atoms with Gasteiger partial charge >= 0.3 is 0 Å². The van der Waals surface area contributed by atoms with E-state index in [1.165, 1.54) is 6.07 Å². The van der Waals surface area contributed by atoms with Crippen molar-refractivity contribution >= 4 is 29.5 Å². The molecule has 1 aromatic carbocycles.